The molecule has 2 aromatic heterocycles. The number of amides is 1. The number of halogens is 4. The Balaban J connectivity index is 1.46. The Bertz CT molecular complexity index is 981. The van der Waals surface area contributed by atoms with E-state index in [4.69, 9.17) is 11.6 Å². The van der Waals surface area contributed by atoms with E-state index in [-0.39, 0.29) is 17.6 Å². The lowest BCUT2D eigenvalue weighted by Gasteiger charge is -2.21. The molecular formula is C19H19ClF3N5O. The SMILES string of the molecule is Cc1nc2c(c(C)c1Cl)CN(C(=O)[C@@H]1CCN(c3ccnc(C(F)(F)F)n3)C1)C2. The van der Waals surface area contributed by atoms with Gasteiger partial charge in [0.2, 0.25) is 11.7 Å². The smallest absolute Gasteiger partial charge is 0.356 e. The third-order valence-corrected chi connectivity index (χ3v) is 6.06. The van der Waals surface area contributed by atoms with E-state index in [1.807, 2.05) is 13.8 Å². The maximum atomic E-state index is 13.0. The van der Waals surface area contributed by atoms with Gasteiger partial charge in [-0.05, 0) is 37.5 Å². The first-order valence-corrected chi connectivity index (χ1v) is 9.61. The van der Waals surface area contributed by atoms with E-state index in [2.05, 4.69) is 15.0 Å². The van der Waals surface area contributed by atoms with Crippen LogP contribution in [0, 0.1) is 19.8 Å². The molecule has 1 amide bonds. The summed E-state index contributed by atoms with van der Waals surface area (Å²) >= 11 is 6.28. The van der Waals surface area contributed by atoms with Crippen LogP contribution in [0.5, 0.6) is 0 Å². The Morgan fingerprint density at radius 2 is 2.00 bits per heavy atom. The minimum absolute atomic E-state index is 0.0243. The lowest BCUT2D eigenvalue weighted by atomic mass is 10.1. The predicted molar refractivity (Wildman–Crippen MR) is 100 cm³/mol. The molecule has 2 aliphatic heterocycles. The number of rotatable bonds is 2. The van der Waals surface area contributed by atoms with E-state index in [0.29, 0.717) is 37.6 Å². The van der Waals surface area contributed by atoms with Gasteiger partial charge in [-0.25, -0.2) is 9.97 Å². The van der Waals surface area contributed by atoms with Crippen molar-refractivity contribution in [1.82, 2.24) is 19.9 Å². The minimum atomic E-state index is -4.60. The normalized spacial score (nSPS) is 19.0. The van der Waals surface area contributed by atoms with Crippen molar-refractivity contribution in [1.29, 1.82) is 0 Å². The second-order valence-electron chi connectivity index (χ2n) is 7.42. The predicted octanol–water partition coefficient (Wildman–Crippen LogP) is 3.53. The summed E-state index contributed by atoms with van der Waals surface area (Å²) in [6, 6.07) is 1.44. The van der Waals surface area contributed by atoms with Crippen molar-refractivity contribution >= 4 is 23.3 Å². The number of carbonyl (C=O) groups is 1. The number of aromatic nitrogens is 3. The van der Waals surface area contributed by atoms with Gasteiger partial charge in [-0.3, -0.25) is 9.78 Å². The molecular weight excluding hydrogens is 407 g/mol. The average molecular weight is 426 g/mol. The van der Waals surface area contributed by atoms with Gasteiger partial charge in [0.1, 0.15) is 5.82 Å². The zero-order valence-electron chi connectivity index (χ0n) is 15.9. The van der Waals surface area contributed by atoms with E-state index >= 15 is 0 Å². The fourth-order valence-corrected chi connectivity index (χ4v) is 4.11. The van der Waals surface area contributed by atoms with Gasteiger partial charge < -0.3 is 9.80 Å². The van der Waals surface area contributed by atoms with Gasteiger partial charge in [-0.15, -0.1) is 0 Å². The Hall–Kier alpha value is -2.42. The van der Waals surface area contributed by atoms with Crippen LogP contribution in [0.1, 0.15) is 34.8 Å². The standard InChI is InChI=1S/C19H19ClF3N5O/c1-10-13-8-28(9-14(13)25-11(2)16(10)20)17(29)12-4-6-27(7-12)15-3-5-24-18(26-15)19(21,22)23/h3,5,12H,4,6-9H2,1-2H3/t12-/m1/s1. The lowest BCUT2D eigenvalue weighted by Crippen LogP contribution is -2.34. The van der Waals surface area contributed by atoms with E-state index < -0.39 is 12.0 Å². The van der Waals surface area contributed by atoms with Crippen molar-refractivity contribution in [2.75, 3.05) is 18.0 Å². The topological polar surface area (TPSA) is 62.2 Å². The molecule has 0 aliphatic carbocycles. The third kappa shape index (κ3) is 3.63. The van der Waals surface area contributed by atoms with Gasteiger partial charge in [0.25, 0.3) is 0 Å². The van der Waals surface area contributed by atoms with Gasteiger partial charge in [-0.1, -0.05) is 11.6 Å². The van der Waals surface area contributed by atoms with E-state index in [0.717, 1.165) is 28.7 Å². The van der Waals surface area contributed by atoms with Crippen molar-refractivity contribution in [3.8, 4) is 0 Å². The van der Waals surface area contributed by atoms with Gasteiger partial charge >= 0.3 is 6.18 Å². The van der Waals surface area contributed by atoms with Gasteiger partial charge in [0.15, 0.2) is 0 Å². The summed E-state index contributed by atoms with van der Waals surface area (Å²) in [5.41, 5.74) is 3.53. The number of pyridine rings is 1. The fraction of sp³-hybridized carbons (Fsp3) is 0.474. The second kappa shape index (κ2) is 7.12. The molecule has 4 rings (SSSR count). The highest BCUT2D eigenvalue weighted by atomic mass is 35.5. The minimum Gasteiger partial charge on any atom is -0.356 e. The molecule has 6 nitrogen and oxygen atoms in total. The van der Waals surface area contributed by atoms with Crippen LogP contribution >= 0.6 is 11.6 Å². The number of aryl methyl sites for hydroxylation is 1. The molecule has 4 heterocycles. The maximum Gasteiger partial charge on any atom is 0.451 e. The van der Waals surface area contributed by atoms with Gasteiger partial charge in [0.05, 0.1) is 28.9 Å². The molecule has 29 heavy (non-hydrogen) atoms. The molecule has 0 unspecified atom stereocenters. The summed E-state index contributed by atoms with van der Waals surface area (Å²) in [5, 5.41) is 0.620. The first-order valence-electron chi connectivity index (χ1n) is 9.23. The Morgan fingerprint density at radius 3 is 2.72 bits per heavy atom. The number of nitrogens with zero attached hydrogens (tertiary/aromatic N) is 5. The maximum absolute atomic E-state index is 13.0. The second-order valence-corrected chi connectivity index (χ2v) is 7.80. The van der Waals surface area contributed by atoms with Crippen molar-refractivity contribution in [3.05, 3.63) is 45.6 Å². The van der Waals surface area contributed by atoms with Crippen LogP contribution in [0.15, 0.2) is 12.3 Å². The van der Waals surface area contributed by atoms with E-state index in [9.17, 15) is 18.0 Å². The zero-order chi connectivity index (χ0) is 20.9. The monoisotopic (exact) mass is 425 g/mol. The molecule has 2 aliphatic rings. The van der Waals surface area contributed by atoms with Gasteiger partial charge in [0, 0.05) is 25.8 Å². The van der Waals surface area contributed by atoms with Crippen molar-refractivity contribution < 1.29 is 18.0 Å². The van der Waals surface area contributed by atoms with Crippen LogP contribution in [0.3, 0.4) is 0 Å². The highest BCUT2D eigenvalue weighted by Crippen LogP contribution is 2.33. The highest BCUT2D eigenvalue weighted by molar-refractivity contribution is 6.32. The van der Waals surface area contributed by atoms with Gasteiger partial charge in [-0.2, -0.15) is 13.2 Å². The number of hydrogen-bond acceptors (Lipinski definition) is 5. The Labute approximate surface area is 170 Å². The highest BCUT2D eigenvalue weighted by Gasteiger charge is 2.38. The molecule has 0 bridgehead atoms. The average Bonchev–Trinajstić information content (AvgIpc) is 3.33. The number of carbonyl (C=O) groups excluding carboxylic acids is 1. The zero-order valence-corrected chi connectivity index (χ0v) is 16.7. The number of hydrogen-bond donors (Lipinski definition) is 0. The third-order valence-electron chi connectivity index (χ3n) is 5.51. The molecule has 154 valence electrons. The number of fused-ring (bicyclic) bond motifs is 1. The summed E-state index contributed by atoms with van der Waals surface area (Å²) in [4.78, 5) is 27.9. The molecule has 0 saturated carbocycles. The van der Waals surface area contributed by atoms with E-state index in [1.54, 1.807) is 9.80 Å². The molecule has 0 N–H and O–H groups in total. The van der Waals surface area contributed by atoms with Crippen LogP contribution in [0.2, 0.25) is 5.02 Å². The molecule has 2 aromatic rings. The Kier molecular flexibility index (Phi) is 4.88. The molecule has 0 aromatic carbocycles. The van der Waals surface area contributed by atoms with Crippen LogP contribution in [-0.2, 0) is 24.1 Å². The molecule has 1 saturated heterocycles. The molecule has 1 atom stereocenters. The molecule has 10 heteroatoms. The van der Waals surface area contributed by atoms with E-state index in [1.165, 1.54) is 6.07 Å². The van der Waals surface area contributed by atoms with Crippen LogP contribution in [-0.4, -0.2) is 38.8 Å². The van der Waals surface area contributed by atoms with Crippen molar-refractivity contribution in [3.63, 3.8) is 0 Å². The number of anilines is 1. The Morgan fingerprint density at radius 1 is 1.24 bits per heavy atom. The van der Waals surface area contributed by atoms with Crippen molar-refractivity contribution in [2.24, 2.45) is 5.92 Å². The largest absolute Gasteiger partial charge is 0.451 e. The lowest BCUT2D eigenvalue weighted by molar-refractivity contribution is -0.145. The fourth-order valence-electron chi connectivity index (χ4n) is 3.95. The van der Waals surface area contributed by atoms with Crippen LogP contribution in [0.25, 0.3) is 0 Å². The molecule has 0 radical (unpaired) electrons. The summed E-state index contributed by atoms with van der Waals surface area (Å²) < 4.78 is 38.6. The summed E-state index contributed by atoms with van der Waals surface area (Å²) in [6.45, 7) is 5.44. The van der Waals surface area contributed by atoms with Crippen LogP contribution in [0.4, 0.5) is 19.0 Å². The molecule has 1 fully saturated rings. The summed E-state index contributed by atoms with van der Waals surface area (Å²) in [7, 11) is 0. The number of alkyl halides is 3. The summed E-state index contributed by atoms with van der Waals surface area (Å²) in [5.74, 6) is -1.31. The summed E-state index contributed by atoms with van der Waals surface area (Å²) in [6.07, 6.45) is -2.95. The quantitative estimate of drug-likeness (QED) is 0.736. The van der Waals surface area contributed by atoms with Crippen molar-refractivity contribution in [2.45, 2.75) is 39.5 Å². The molecule has 0 spiro atoms. The first kappa shape index (κ1) is 19.9. The first-order chi connectivity index (χ1) is 13.6. The van der Waals surface area contributed by atoms with Crippen LogP contribution < -0.4 is 4.90 Å².